The van der Waals surface area contributed by atoms with Crippen molar-refractivity contribution in [2.24, 2.45) is 23.2 Å². The summed E-state index contributed by atoms with van der Waals surface area (Å²) >= 11 is 0. The van der Waals surface area contributed by atoms with Crippen LogP contribution in [0.4, 0.5) is 0 Å². The van der Waals surface area contributed by atoms with E-state index in [9.17, 15) is 4.79 Å². The van der Waals surface area contributed by atoms with Crippen molar-refractivity contribution in [3.8, 4) is 0 Å². The van der Waals surface area contributed by atoms with Crippen molar-refractivity contribution in [1.82, 2.24) is 0 Å². The van der Waals surface area contributed by atoms with Gasteiger partial charge in [0.1, 0.15) is 0 Å². The van der Waals surface area contributed by atoms with Crippen molar-refractivity contribution >= 4 is 5.97 Å². The van der Waals surface area contributed by atoms with Crippen molar-refractivity contribution in [2.75, 3.05) is 6.61 Å². The molecule has 0 spiro atoms. The lowest BCUT2D eigenvalue weighted by atomic mass is 9.60. The van der Waals surface area contributed by atoms with Crippen molar-refractivity contribution in [1.29, 1.82) is 0 Å². The zero-order valence-corrected chi connectivity index (χ0v) is 13.3. The summed E-state index contributed by atoms with van der Waals surface area (Å²) in [6, 6.07) is 0. The summed E-state index contributed by atoms with van der Waals surface area (Å²) in [4.78, 5) is 11.3. The van der Waals surface area contributed by atoms with Gasteiger partial charge in [0.05, 0.1) is 6.61 Å². The third kappa shape index (κ3) is 3.19. The number of rotatable bonds is 3. The maximum atomic E-state index is 11.3. The number of carbonyl (C=O) groups excluding carboxylic acids is 1. The van der Waals surface area contributed by atoms with Gasteiger partial charge < -0.3 is 4.74 Å². The van der Waals surface area contributed by atoms with Crippen LogP contribution in [0.15, 0.2) is 12.7 Å². The van der Waals surface area contributed by atoms with Crippen LogP contribution in [0.5, 0.6) is 0 Å². The van der Waals surface area contributed by atoms with E-state index in [0.717, 1.165) is 18.3 Å². The predicted molar refractivity (Wildman–Crippen MR) is 84.8 cm³/mol. The van der Waals surface area contributed by atoms with Crippen LogP contribution in [-0.2, 0) is 9.53 Å². The molecule has 1 aliphatic heterocycles. The van der Waals surface area contributed by atoms with E-state index >= 15 is 0 Å². The van der Waals surface area contributed by atoms with Gasteiger partial charge in [-0.2, -0.15) is 0 Å². The molecule has 118 valence electrons. The smallest absolute Gasteiger partial charge is 0.305 e. The Labute approximate surface area is 129 Å². The van der Waals surface area contributed by atoms with Gasteiger partial charge in [-0.3, -0.25) is 4.79 Å². The minimum absolute atomic E-state index is 0.0126. The van der Waals surface area contributed by atoms with Crippen molar-refractivity contribution in [2.45, 2.75) is 70.6 Å². The van der Waals surface area contributed by atoms with E-state index in [1.54, 1.807) is 0 Å². The second-order valence-corrected chi connectivity index (χ2v) is 7.59. The minimum atomic E-state index is -0.0126. The number of hydrogen-bond donors (Lipinski definition) is 0. The predicted octanol–water partition coefficient (Wildman–Crippen LogP) is 4.88. The monoisotopic (exact) mass is 290 g/mol. The highest BCUT2D eigenvalue weighted by molar-refractivity contribution is 5.70. The minimum Gasteiger partial charge on any atom is -0.465 e. The van der Waals surface area contributed by atoms with E-state index < -0.39 is 0 Å². The normalized spacial score (nSPS) is 38.8. The quantitative estimate of drug-likeness (QED) is 0.547. The molecule has 0 N–H and O–H groups in total. The second-order valence-electron chi connectivity index (χ2n) is 7.59. The lowest BCUT2D eigenvalue weighted by Crippen LogP contribution is -2.40. The van der Waals surface area contributed by atoms with Gasteiger partial charge in [0.2, 0.25) is 0 Å². The molecule has 2 saturated carbocycles. The fourth-order valence-corrected chi connectivity index (χ4v) is 5.13. The number of ether oxygens (including phenoxy) is 1. The summed E-state index contributed by atoms with van der Waals surface area (Å²) < 4.78 is 5.33. The Balaban J connectivity index is 1.58. The van der Waals surface area contributed by atoms with E-state index in [2.05, 4.69) is 12.7 Å². The fraction of sp³-hybridized carbons (Fsp3) is 0.842. The van der Waals surface area contributed by atoms with Crippen molar-refractivity contribution < 1.29 is 9.53 Å². The van der Waals surface area contributed by atoms with E-state index in [0.29, 0.717) is 18.9 Å². The Morgan fingerprint density at radius 1 is 1.00 bits per heavy atom. The summed E-state index contributed by atoms with van der Waals surface area (Å²) in [6.45, 7) is 4.77. The average molecular weight is 290 g/mol. The molecule has 3 aliphatic rings. The van der Waals surface area contributed by atoms with Crippen LogP contribution in [0.1, 0.15) is 70.6 Å². The molecular formula is C19H30O2. The number of allylic oxidation sites excluding steroid dienone is 1. The molecule has 3 fully saturated rings. The Hall–Kier alpha value is -0.790. The Bertz CT molecular complexity index is 363. The molecule has 0 aromatic rings. The largest absolute Gasteiger partial charge is 0.465 e. The Kier molecular flexibility index (Phi) is 4.71. The topological polar surface area (TPSA) is 26.3 Å². The second kappa shape index (κ2) is 6.54. The van der Waals surface area contributed by atoms with Gasteiger partial charge in [-0.25, -0.2) is 0 Å². The van der Waals surface area contributed by atoms with E-state index in [4.69, 9.17) is 4.74 Å². The molecular weight excluding hydrogens is 260 g/mol. The molecule has 0 aromatic heterocycles. The van der Waals surface area contributed by atoms with Crippen LogP contribution in [0.3, 0.4) is 0 Å². The van der Waals surface area contributed by atoms with Crippen LogP contribution < -0.4 is 0 Å². The molecule has 2 nitrogen and oxygen atoms in total. The molecule has 21 heavy (non-hydrogen) atoms. The standard InChI is InChI=1S/C19H30O2/c1-2-19(17-8-9-18(20)21-14-17)12-10-16(11-13-19)15-6-4-3-5-7-15/h2,15-17H,1,3-14H2. The van der Waals surface area contributed by atoms with Crippen LogP contribution in [0, 0.1) is 23.2 Å². The van der Waals surface area contributed by atoms with Gasteiger partial charge >= 0.3 is 5.97 Å². The van der Waals surface area contributed by atoms with Crippen molar-refractivity contribution in [3.63, 3.8) is 0 Å². The van der Waals surface area contributed by atoms with Crippen LogP contribution >= 0.6 is 0 Å². The van der Waals surface area contributed by atoms with Gasteiger partial charge in [-0.15, -0.1) is 6.58 Å². The van der Waals surface area contributed by atoms with Gasteiger partial charge in [-0.05, 0) is 49.4 Å². The summed E-state index contributed by atoms with van der Waals surface area (Å²) in [5.74, 6) is 2.44. The maximum absolute atomic E-state index is 11.3. The zero-order chi connectivity index (χ0) is 14.7. The molecule has 1 atom stereocenters. The molecule has 2 heteroatoms. The fourth-order valence-electron chi connectivity index (χ4n) is 5.13. The molecule has 1 heterocycles. The van der Waals surface area contributed by atoms with E-state index in [-0.39, 0.29) is 11.4 Å². The molecule has 2 aliphatic carbocycles. The molecule has 0 aromatic carbocycles. The number of esters is 1. The molecule has 0 bridgehead atoms. The van der Waals surface area contributed by atoms with E-state index in [1.807, 2.05) is 0 Å². The SMILES string of the molecule is C=CC1(C2CCC(=O)OC2)CCC(C2CCCCC2)CC1. The number of hydrogen-bond acceptors (Lipinski definition) is 2. The zero-order valence-electron chi connectivity index (χ0n) is 13.3. The molecule has 1 unspecified atom stereocenters. The van der Waals surface area contributed by atoms with Gasteiger partial charge in [0.15, 0.2) is 0 Å². The highest BCUT2D eigenvalue weighted by Gasteiger charge is 2.42. The highest BCUT2D eigenvalue weighted by atomic mass is 16.5. The summed E-state index contributed by atoms with van der Waals surface area (Å²) in [7, 11) is 0. The lowest BCUT2D eigenvalue weighted by Gasteiger charge is -2.46. The van der Waals surface area contributed by atoms with E-state index in [1.165, 1.54) is 57.8 Å². The molecule has 3 rings (SSSR count). The van der Waals surface area contributed by atoms with Gasteiger partial charge in [0, 0.05) is 12.3 Å². The number of carbonyl (C=O) groups is 1. The lowest BCUT2D eigenvalue weighted by molar-refractivity contribution is -0.152. The summed E-state index contributed by atoms with van der Waals surface area (Å²) in [5, 5.41) is 0. The first kappa shape index (κ1) is 15.1. The number of cyclic esters (lactones) is 1. The molecule has 1 saturated heterocycles. The molecule has 0 radical (unpaired) electrons. The first-order valence-electron chi connectivity index (χ1n) is 9.03. The van der Waals surface area contributed by atoms with Crippen LogP contribution in [-0.4, -0.2) is 12.6 Å². The van der Waals surface area contributed by atoms with Crippen LogP contribution in [0.2, 0.25) is 0 Å². The van der Waals surface area contributed by atoms with Crippen LogP contribution in [0.25, 0.3) is 0 Å². The third-order valence-corrected chi connectivity index (χ3v) is 6.64. The Morgan fingerprint density at radius 3 is 2.24 bits per heavy atom. The first-order valence-corrected chi connectivity index (χ1v) is 9.03. The highest BCUT2D eigenvalue weighted by Crippen LogP contribution is 2.50. The first-order chi connectivity index (χ1) is 10.2. The average Bonchev–Trinajstić information content (AvgIpc) is 2.56. The van der Waals surface area contributed by atoms with Gasteiger partial charge in [-0.1, -0.05) is 38.2 Å². The Morgan fingerprint density at radius 2 is 1.67 bits per heavy atom. The summed E-state index contributed by atoms with van der Waals surface area (Å²) in [6.07, 6.45) is 16.3. The summed E-state index contributed by atoms with van der Waals surface area (Å²) in [5.41, 5.74) is 0.242. The van der Waals surface area contributed by atoms with Crippen molar-refractivity contribution in [3.05, 3.63) is 12.7 Å². The maximum Gasteiger partial charge on any atom is 0.305 e. The molecule has 0 amide bonds. The van der Waals surface area contributed by atoms with Gasteiger partial charge in [0.25, 0.3) is 0 Å². The third-order valence-electron chi connectivity index (χ3n) is 6.64.